The van der Waals surface area contributed by atoms with E-state index < -0.39 is 17.1 Å². The van der Waals surface area contributed by atoms with E-state index in [1.807, 2.05) is 30.3 Å². The van der Waals surface area contributed by atoms with Gasteiger partial charge >= 0.3 is 5.97 Å². The number of amides is 1. The highest BCUT2D eigenvalue weighted by Gasteiger charge is 2.32. The Hall–Kier alpha value is -2.65. The molecule has 3 rings (SSSR count). The number of halogens is 1. The molecular formula is C16H14ClN5O3S. The van der Waals surface area contributed by atoms with Gasteiger partial charge in [0.15, 0.2) is 5.17 Å². The summed E-state index contributed by atoms with van der Waals surface area (Å²) in [4.78, 5) is 22.4. The maximum absolute atomic E-state index is 11.7. The molecule has 0 radical (unpaired) electrons. The van der Waals surface area contributed by atoms with Crippen LogP contribution in [0.15, 0.2) is 40.5 Å². The summed E-state index contributed by atoms with van der Waals surface area (Å²) >= 11 is 7.42. The second kappa shape index (κ2) is 7.71. The number of hydrogen-bond donors (Lipinski definition) is 2. The SMILES string of the molecule is Cc1nn(-c2ccccc2)c(Cl)c1C=NN=C1NC(=O)C(CC(=O)O)S1. The van der Waals surface area contributed by atoms with Gasteiger partial charge in [-0.15, -0.1) is 5.10 Å². The van der Waals surface area contributed by atoms with E-state index in [0.717, 1.165) is 17.4 Å². The molecule has 2 aromatic rings. The molecular weight excluding hydrogens is 378 g/mol. The summed E-state index contributed by atoms with van der Waals surface area (Å²) in [7, 11) is 0. The summed E-state index contributed by atoms with van der Waals surface area (Å²) in [5.74, 6) is -1.43. The third-order valence-electron chi connectivity index (χ3n) is 3.52. The van der Waals surface area contributed by atoms with Crippen molar-refractivity contribution in [2.45, 2.75) is 18.6 Å². The van der Waals surface area contributed by atoms with Crippen molar-refractivity contribution in [2.75, 3.05) is 0 Å². The van der Waals surface area contributed by atoms with Crippen LogP contribution < -0.4 is 5.32 Å². The Kier molecular flexibility index (Phi) is 5.38. The van der Waals surface area contributed by atoms with E-state index in [1.165, 1.54) is 6.21 Å². The molecule has 1 fully saturated rings. The second-order valence-electron chi connectivity index (χ2n) is 5.38. The average Bonchev–Trinajstić information content (AvgIpc) is 3.09. The van der Waals surface area contributed by atoms with Crippen molar-refractivity contribution in [2.24, 2.45) is 10.2 Å². The van der Waals surface area contributed by atoms with E-state index in [0.29, 0.717) is 16.4 Å². The number of carboxylic acid groups (broad SMARTS) is 1. The van der Waals surface area contributed by atoms with Crippen LogP contribution in [0.2, 0.25) is 5.15 Å². The van der Waals surface area contributed by atoms with E-state index in [2.05, 4.69) is 20.6 Å². The number of aromatic nitrogens is 2. The number of benzene rings is 1. The minimum absolute atomic E-state index is 0.252. The number of aryl methyl sites for hydroxylation is 1. The molecule has 134 valence electrons. The van der Waals surface area contributed by atoms with Crippen LogP contribution in [0.1, 0.15) is 17.7 Å². The highest BCUT2D eigenvalue weighted by atomic mass is 35.5. The van der Waals surface area contributed by atoms with E-state index in [4.69, 9.17) is 16.7 Å². The molecule has 1 unspecified atom stereocenters. The lowest BCUT2D eigenvalue weighted by Gasteiger charge is -2.01. The quantitative estimate of drug-likeness (QED) is 0.600. The average molecular weight is 392 g/mol. The third-order valence-corrected chi connectivity index (χ3v) is 4.96. The number of nitrogens with zero attached hydrogens (tertiary/aromatic N) is 4. The summed E-state index contributed by atoms with van der Waals surface area (Å²) in [6.45, 7) is 1.80. The normalized spacial score (nSPS) is 18.6. The lowest BCUT2D eigenvalue weighted by atomic mass is 10.3. The number of carbonyl (C=O) groups is 2. The molecule has 1 aliphatic heterocycles. The van der Waals surface area contributed by atoms with Gasteiger partial charge in [0.1, 0.15) is 10.4 Å². The van der Waals surface area contributed by atoms with Gasteiger partial charge in [0.2, 0.25) is 5.91 Å². The minimum atomic E-state index is -1.04. The van der Waals surface area contributed by atoms with Crippen LogP contribution in [0.3, 0.4) is 0 Å². The zero-order valence-corrected chi connectivity index (χ0v) is 15.2. The summed E-state index contributed by atoms with van der Waals surface area (Å²) in [5, 5.41) is 23.5. The van der Waals surface area contributed by atoms with E-state index in [-0.39, 0.29) is 11.6 Å². The molecule has 1 aromatic carbocycles. The number of aliphatic carboxylic acids is 1. The Morgan fingerprint density at radius 3 is 2.88 bits per heavy atom. The number of carboxylic acids is 1. The van der Waals surface area contributed by atoms with Gasteiger partial charge in [0.05, 0.1) is 29.6 Å². The molecule has 2 heterocycles. The van der Waals surface area contributed by atoms with E-state index in [1.54, 1.807) is 11.6 Å². The first-order valence-corrected chi connectivity index (χ1v) is 8.82. The smallest absolute Gasteiger partial charge is 0.305 e. The molecule has 8 nitrogen and oxygen atoms in total. The number of rotatable bonds is 5. The largest absolute Gasteiger partial charge is 0.481 e. The van der Waals surface area contributed by atoms with Crippen molar-refractivity contribution >= 4 is 46.6 Å². The molecule has 0 spiro atoms. The first-order chi connectivity index (χ1) is 12.5. The summed E-state index contributed by atoms with van der Waals surface area (Å²) < 4.78 is 1.60. The molecule has 0 saturated carbocycles. The maximum Gasteiger partial charge on any atom is 0.305 e. The molecule has 1 aromatic heterocycles. The van der Waals surface area contributed by atoms with Gasteiger partial charge < -0.3 is 10.4 Å². The predicted molar refractivity (Wildman–Crippen MR) is 100 cm³/mol. The Labute approximate surface area is 157 Å². The summed E-state index contributed by atoms with van der Waals surface area (Å²) in [5.41, 5.74) is 2.10. The molecule has 1 saturated heterocycles. The molecule has 1 amide bonds. The Morgan fingerprint density at radius 2 is 2.19 bits per heavy atom. The minimum Gasteiger partial charge on any atom is -0.481 e. The van der Waals surface area contributed by atoms with Gasteiger partial charge in [-0.05, 0) is 19.1 Å². The van der Waals surface area contributed by atoms with Crippen LogP contribution in [0.4, 0.5) is 0 Å². The van der Waals surface area contributed by atoms with Gasteiger partial charge in [-0.3, -0.25) is 9.59 Å². The Bertz CT molecular complexity index is 910. The lowest BCUT2D eigenvalue weighted by molar-refractivity contribution is -0.138. The number of amidine groups is 1. The zero-order chi connectivity index (χ0) is 18.7. The monoisotopic (exact) mass is 391 g/mol. The van der Waals surface area contributed by atoms with Crippen LogP contribution in [-0.4, -0.2) is 43.4 Å². The fraction of sp³-hybridized carbons (Fsp3) is 0.188. The molecule has 10 heteroatoms. The van der Waals surface area contributed by atoms with Crippen LogP contribution in [-0.2, 0) is 9.59 Å². The third kappa shape index (κ3) is 3.94. The highest BCUT2D eigenvalue weighted by Crippen LogP contribution is 2.23. The van der Waals surface area contributed by atoms with Crippen molar-refractivity contribution in [3.8, 4) is 5.69 Å². The fourth-order valence-electron chi connectivity index (χ4n) is 2.28. The highest BCUT2D eigenvalue weighted by molar-refractivity contribution is 8.15. The van der Waals surface area contributed by atoms with Crippen molar-refractivity contribution < 1.29 is 14.7 Å². The number of para-hydroxylation sites is 1. The zero-order valence-electron chi connectivity index (χ0n) is 13.6. The molecule has 1 aliphatic rings. The fourth-order valence-corrected chi connectivity index (χ4v) is 3.52. The first kappa shape index (κ1) is 18.2. The maximum atomic E-state index is 11.7. The molecule has 1 atom stereocenters. The van der Waals surface area contributed by atoms with Crippen molar-refractivity contribution in [3.63, 3.8) is 0 Å². The predicted octanol–water partition coefficient (Wildman–Crippen LogP) is 2.23. The first-order valence-electron chi connectivity index (χ1n) is 7.56. The van der Waals surface area contributed by atoms with Crippen LogP contribution in [0.25, 0.3) is 5.69 Å². The Morgan fingerprint density at radius 1 is 1.46 bits per heavy atom. The van der Waals surface area contributed by atoms with Crippen molar-refractivity contribution in [1.29, 1.82) is 0 Å². The number of hydrogen-bond acceptors (Lipinski definition) is 6. The standard InChI is InChI=1S/C16H14ClN5O3S/c1-9-11(14(17)22(21-9)10-5-3-2-4-6-10)8-18-20-16-19-15(25)12(26-16)7-13(23)24/h2-6,8,12H,7H2,1H3,(H,23,24)(H,19,20,25). The van der Waals surface area contributed by atoms with Gasteiger partial charge in [0, 0.05) is 0 Å². The van der Waals surface area contributed by atoms with Crippen molar-refractivity contribution in [1.82, 2.24) is 15.1 Å². The van der Waals surface area contributed by atoms with Gasteiger partial charge in [-0.25, -0.2) is 4.68 Å². The van der Waals surface area contributed by atoms with E-state index in [9.17, 15) is 9.59 Å². The number of nitrogens with one attached hydrogen (secondary N) is 1. The molecule has 0 aliphatic carbocycles. The van der Waals surface area contributed by atoms with Crippen molar-refractivity contribution in [3.05, 3.63) is 46.7 Å². The summed E-state index contributed by atoms with van der Waals surface area (Å²) in [6.07, 6.45) is 1.18. The number of carbonyl (C=O) groups excluding carboxylic acids is 1. The van der Waals surface area contributed by atoms with E-state index >= 15 is 0 Å². The molecule has 0 bridgehead atoms. The van der Waals surface area contributed by atoms with Gasteiger partial charge in [-0.2, -0.15) is 10.2 Å². The van der Waals surface area contributed by atoms with Crippen LogP contribution >= 0.6 is 23.4 Å². The Balaban J connectivity index is 1.77. The van der Waals surface area contributed by atoms with Crippen LogP contribution in [0.5, 0.6) is 0 Å². The summed E-state index contributed by atoms with van der Waals surface area (Å²) in [6, 6.07) is 9.43. The topological polar surface area (TPSA) is 109 Å². The van der Waals surface area contributed by atoms with Gasteiger partial charge in [0.25, 0.3) is 0 Å². The molecule has 26 heavy (non-hydrogen) atoms. The lowest BCUT2D eigenvalue weighted by Crippen LogP contribution is -2.26. The second-order valence-corrected chi connectivity index (χ2v) is 6.93. The number of thioether (sulfide) groups is 1. The van der Waals surface area contributed by atoms with Crippen LogP contribution in [0, 0.1) is 6.92 Å². The van der Waals surface area contributed by atoms with Gasteiger partial charge in [-0.1, -0.05) is 41.6 Å². The molecule has 2 N–H and O–H groups in total.